The molecule has 4 aliphatic rings. The minimum atomic E-state index is -0.917. The van der Waals surface area contributed by atoms with E-state index >= 15 is 0 Å². The van der Waals surface area contributed by atoms with Crippen molar-refractivity contribution in [2.75, 3.05) is 13.2 Å². The van der Waals surface area contributed by atoms with Crippen molar-refractivity contribution in [3.8, 4) is 11.5 Å². The fourth-order valence-electron chi connectivity index (χ4n) is 6.46. The van der Waals surface area contributed by atoms with Gasteiger partial charge in [-0.15, -0.1) is 0 Å². The van der Waals surface area contributed by atoms with Gasteiger partial charge in [-0.25, -0.2) is 0 Å². The highest BCUT2D eigenvalue weighted by atomic mass is 16.5. The van der Waals surface area contributed by atoms with E-state index < -0.39 is 29.2 Å². The largest absolute Gasteiger partial charge is 0.504 e. The number of aliphatic hydroxyl groups is 3. The molecule has 0 amide bonds. The van der Waals surface area contributed by atoms with Gasteiger partial charge in [0.05, 0.1) is 23.5 Å². The number of nitrogens with two attached hydrogens (primary N) is 1. The van der Waals surface area contributed by atoms with Crippen LogP contribution in [-0.2, 0) is 16.6 Å². The van der Waals surface area contributed by atoms with Crippen molar-refractivity contribution in [3.63, 3.8) is 0 Å². The van der Waals surface area contributed by atoms with E-state index in [4.69, 9.17) is 20.7 Å². The van der Waals surface area contributed by atoms with Gasteiger partial charge in [-0.3, -0.25) is 4.79 Å². The molecule has 2 fully saturated rings. The Labute approximate surface area is 181 Å². The lowest BCUT2D eigenvalue weighted by molar-refractivity contribution is -0.176. The van der Waals surface area contributed by atoms with Gasteiger partial charge in [0, 0.05) is 18.1 Å². The van der Waals surface area contributed by atoms with E-state index in [9.17, 15) is 20.1 Å². The molecule has 6 atom stereocenters. The minimum absolute atomic E-state index is 0.0486. The van der Waals surface area contributed by atoms with Crippen molar-refractivity contribution >= 4 is 5.97 Å². The lowest BCUT2D eigenvalue weighted by Gasteiger charge is -2.57. The number of ether oxygens (including phenoxy) is 1. The fraction of sp³-hybridized carbons (Fsp3) is 0.696. The maximum atomic E-state index is 11.7. The van der Waals surface area contributed by atoms with Crippen LogP contribution in [0.25, 0.3) is 0 Å². The van der Waals surface area contributed by atoms with Crippen LogP contribution in [0.15, 0.2) is 12.1 Å². The summed E-state index contributed by atoms with van der Waals surface area (Å²) in [5.74, 6) is -0.319. The Kier molecular flexibility index (Phi) is 5.93. The molecule has 8 heteroatoms. The van der Waals surface area contributed by atoms with Gasteiger partial charge < -0.3 is 36.0 Å². The SMILES string of the molecule is NCC(CO)CC(=O)O.Oc1ccc2c3c1O[C@H]1[C@@H](O)CC[C@@]4(O)[C@H](CCCC[C@]314)C2. The Morgan fingerprint density at radius 3 is 2.68 bits per heavy atom. The molecule has 7 N–H and O–H groups in total. The van der Waals surface area contributed by atoms with Crippen LogP contribution in [0.3, 0.4) is 0 Å². The summed E-state index contributed by atoms with van der Waals surface area (Å²) in [6.45, 7) is 0.0750. The third-order valence-corrected chi connectivity index (χ3v) is 7.91. The summed E-state index contributed by atoms with van der Waals surface area (Å²) >= 11 is 0. The van der Waals surface area contributed by atoms with Crippen molar-refractivity contribution in [2.45, 2.75) is 74.6 Å². The summed E-state index contributed by atoms with van der Waals surface area (Å²) in [5, 5.41) is 49.2. The third-order valence-electron chi connectivity index (χ3n) is 7.91. The number of phenolic OH excluding ortho intramolecular Hbond substituents is 1. The number of carboxylic acids is 1. The van der Waals surface area contributed by atoms with Gasteiger partial charge in [-0.1, -0.05) is 18.9 Å². The first kappa shape index (κ1) is 22.3. The van der Waals surface area contributed by atoms with Crippen LogP contribution >= 0.6 is 0 Å². The molecule has 1 spiro atoms. The molecule has 1 aromatic carbocycles. The number of aliphatic hydroxyl groups excluding tert-OH is 2. The summed E-state index contributed by atoms with van der Waals surface area (Å²) in [4.78, 5) is 9.96. The van der Waals surface area contributed by atoms with Crippen LogP contribution in [0.1, 0.15) is 56.1 Å². The van der Waals surface area contributed by atoms with E-state index in [1.54, 1.807) is 6.07 Å². The second kappa shape index (κ2) is 8.24. The van der Waals surface area contributed by atoms with Crippen LogP contribution in [0.5, 0.6) is 11.5 Å². The molecule has 31 heavy (non-hydrogen) atoms. The van der Waals surface area contributed by atoms with Crippen LogP contribution < -0.4 is 10.5 Å². The van der Waals surface area contributed by atoms with Gasteiger partial charge in [0.25, 0.3) is 0 Å². The monoisotopic (exact) mass is 435 g/mol. The Hall–Kier alpha value is -1.87. The Balaban J connectivity index is 0.000000221. The molecule has 1 aliphatic heterocycles. The molecule has 1 aromatic rings. The van der Waals surface area contributed by atoms with Crippen LogP contribution in [-0.4, -0.2) is 62.5 Å². The highest BCUT2D eigenvalue weighted by Crippen LogP contribution is 2.66. The van der Waals surface area contributed by atoms with E-state index in [0.29, 0.717) is 18.6 Å². The third kappa shape index (κ3) is 3.31. The summed E-state index contributed by atoms with van der Waals surface area (Å²) < 4.78 is 6.08. The lowest BCUT2D eigenvalue weighted by atomic mass is 9.49. The van der Waals surface area contributed by atoms with Crippen molar-refractivity contribution < 1.29 is 35.1 Å². The molecule has 0 saturated heterocycles. The number of aliphatic carboxylic acids is 1. The molecule has 172 valence electrons. The van der Waals surface area contributed by atoms with E-state index in [0.717, 1.165) is 37.7 Å². The molecule has 0 radical (unpaired) electrons. The standard InChI is InChI=1S/C18H22O4.C5H11NO3/c19-12-5-4-10-9-11-3-1-2-7-17-14(10)15(12)22-16(17)13(20)6-8-18(11,17)21;6-2-4(3-7)1-5(8)9/h4-5,11,13,16,19-21H,1-3,6-9H2;4,7H,1-3,6H2,(H,8,9)/t11-,13+,16+,17+,18-;/m1./s1. The molecule has 8 nitrogen and oxygen atoms in total. The second-order valence-electron chi connectivity index (χ2n) is 9.52. The van der Waals surface area contributed by atoms with Gasteiger partial charge in [0.15, 0.2) is 11.5 Å². The number of aromatic hydroxyl groups is 1. The van der Waals surface area contributed by atoms with Crippen LogP contribution in [0.2, 0.25) is 0 Å². The van der Waals surface area contributed by atoms with Gasteiger partial charge in [-0.2, -0.15) is 0 Å². The van der Waals surface area contributed by atoms with Gasteiger partial charge in [0.2, 0.25) is 0 Å². The number of hydrogen-bond donors (Lipinski definition) is 6. The second-order valence-corrected chi connectivity index (χ2v) is 9.52. The Bertz CT molecular complexity index is 841. The zero-order chi connectivity index (χ0) is 22.4. The van der Waals surface area contributed by atoms with Crippen LogP contribution in [0, 0.1) is 11.8 Å². The zero-order valence-electron chi connectivity index (χ0n) is 17.7. The predicted molar refractivity (Wildman–Crippen MR) is 112 cm³/mol. The van der Waals surface area contributed by atoms with Gasteiger partial charge >= 0.3 is 5.97 Å². The molecule has 2 saturated carbocycles. The van der Waals surface area contributed by atoms with E-state index in [-0.39, 0.29) is 37.2 Å². The van der Waals surface area contributed by atoms with Crippen LogP contribution in [0.4, 0.5) is 0 Å². The molecule has 1 unspecified atom stereocenters. The zero-order valence-corrected chi connectivity index (χ0v) is 17.7. The highest BCUT2D eigenvalue weighted by Gasteiger charge is 2.70. The summed E-state index contributed by atoms with van der Waals surface area (Å²) in [5.41, 5.74) is 5.96. The molecule has 2 bridgehead atoms. The summed E-state index contributed by atoms with van der Waals surface area (Å²) in [7, 11) is 0. The number of carbonyl (C=O) groups is 1. The maximum Gasteiger partial charge on any atom is 0.303 e. The average molecular weight is 436 g/mol. The first-order valence-electron chi connectivity index (χ1n) is 11.2. The number of carboxylic acid groups (broad SMARTS) is 1. The number of rotatable bonds is 4. The van der Waals surface area contributed by atoms with Gasteiger partial charge in [0.1, 0.15) is 6.10 Å². The molecular formula is C23H33NO7. The van der Waals surface area contributed by atoms with Crippen molar-refractivity contribution in [1.82, 2.24) is 0 Å². The normalized spacial score (nSPS) is 35.7. The van der Waals surface area contributed by atoms with Crippen molar-refractivity contribution in [2.24, 2.45) is 17.6 Å². The topological polar surface area (TPSA) is 153 Å². The Morgan fingerprint density at radius 1 is 1.26 bits per heavy atom. The quantitative estimate of drug-likeness (QED) is 0.410. The number of benzene rings is 1. The van der Waals surface area contributed by atoms with E-state index in [1.807, 2.05) is 6.07 Å². The van der Waals surface area contributed by atoms with E-state index in [1.165, 1.54) is 5.56 Å². The molecule has 1 heterocycles. The number of phenols is 1. The first-order chi connectivity index (χ1) is 14.8. The molecule has 5 rings (SSSR count). The smallest absolute Gasteiger partial charge is 0.303 e. The molecule has 0 aromatic heterocycles. The summed E-state index contributed by atoms with van der Waals surface area (Å²) in [6.07, 6.45) is 5.05. The Morgan fingerprint density at radius 2 is 2.03 bits per heavy atom. The fourth-order valence-corrected chi connectivity index (χ4v) is 6.46. The first-order valence-corrected chi connectivity index (χ1v) is 11.2. The molecule has 3 aliphatic carbocycles. The maximum absolute atomic E-state index is 11.7. The van der Waals surface area contributed by atoms with E-state index in [2.05, 4.69) is 0 Å². The van der Waals surface area contributed by atoms with Crippen molar-refractivity contribution in [1.29, 1.82) is 0 Å². The highest BCUT2D eigenvalue weighted by molar-refractivity contribution is 5.67. The predicted octanol–water partition coefficient (Wildman–Crippen LogP) is 1.05. The van der Waals surface area contributed by atoms with Gasteiger partial charge in [-0.05, 0) is 56.2 Å². The van der Waals surface area contributed by atoms with Crippen molar-refractivity contribution in [3.05, 3.63) is 23.3 Å². The minimum Gasteiger partial charge on any atom is -0.504 e. The average Bonchev–Trinajstić information content (AvgIpc) is 3.08. The summed E-state index contributed by atoms with van der Waals surface area (Å²) in [6, 6.07) is 3.69. The lowest BCUT2D eigenvalue weighted by Crippen LogP contribution is -2.68. The number of hydrogen-bond acceptors (Lipinski definition) is 7. The molecular weight excluding hydrogens is 402 g/mol.